The monoisotopic (exact) mass is 279 g/mol. The minimum atomic E-state index is 0.968. The lowest BCUT2D eigenvalue weighted by Crippen LogP contribution is -2.09. The highest BCUT2D eigenvalue weighted by Crippen LogP contribution is 2.36. The van der Waals surface area contributed by atoms with Crippen LogP contribution in [0.15, 0.2) is 6.07 Å². The normalized spacial score (nSPS) is 14.7. The zero-order valence-corrected chi connectivity index (χ0v) is 12.2. The van der Waals surface area contributed by atoms with Gasteiger partial charge in [-0.25, -0.2) is 0 Å². The van der Waals surface area contributed by atoms with Crippen molar-refractivity contribution in [2.75, 3.05) is 13.6 Å². The predicted octanol–water partition coefficient (Wildman–Crippen LogP) is 2.91. The maximum atomic E-state index is 4.33. The van der Waals surface area contributed by atoms with Gasteiger partial charge in [-0.15, -0.1) is 21.5 Å². The molecule has 0 saturated carbocycles. The van der Waals surface area contributed by atoms with Crippen LogP contribution < -0.4 is 5.32 Å². The minimum Gasteiger partial charge on any atom is -0.319 e. The van der Waals surface area contributed by atoms with Gasteiger partial charge in [0.1, 0.15) is 5.01 Å². The van der Waals surface area contributed by atoms with Crippen LogP contribution in [-0.4, -0.2) is 23.8 Å². The molecule has 0 radical (unpaired) electrons. The van der Waals surface area contributed by atoms with E-state index in [-0.39, 0.29) is 0 Å². The predicted molar refractivity (Wildman–Crippen MR) is 77.5 cm³/mol. The van der Waals surface area contributed by atoms with Crippen LogP contribution in [0.1, 0.15) is 28.3 Å². The largest absolute Gasteiger partial charge is 0.319 e. The lowest BCUT2D eigenvalue weighted by atomic mass is 9.99. The number of rotatable bonds is 4. The Morgan fingerprint density at radius 3 is 2.94 bits per heavy atom. The molecule has 1 aliphatic carbocycles. The van der Waals surface area contributed by atoms with Crippen LogP contribution in [-0.2, 0) is 19.3 Å². The van der Waals surface area contributed by atoms with Gasteiger partial charge in [0, 0.05) is 17.8 Å². The number of likely N-dealkylation sites (N-methyl/N-ethyl adjacent to an activating group) is 1. The Kier molecular flexibility index (Phi) is 3.72. The highest BCUT2D eigenvalue weighted by molar-refractivity contribution is 7.21. The van der Waals surface area contributed by atoms with Crippen molar-refractivity contribution in [3.8, 4) is 9.88 Å². The summed E-state index contributed by atoms with van der Waals surface area (Å²) < 4.78 is 0. The van der Waals surface area contributed by atoms with Crippen molar-refractivity contribution in [2.24, 2.45) is 0 Å². The van der Waals surface area contributed by atoms with Crippen molar-refractivity contribution < 1.29 is 0 Å². The Morgan fingerprint density at radius 2 is 2.11 bits per heavy atom. The van der Waals surface area contributed by atoms with Crippen molar-refractivity contribution >= 4 is 22.7 Å². The van der Waals surface area contributed by atoms with Gasteiger partial charge < -0.3 is 5.32 Å². The summed E-state index contributed by atoms with van der Waals surface area (Å²) in [6, 6.07) is 2.33. The van der Waals surface area contributed by atoms with E-state index in [1.165, 1.54) is 30.6 Å². The van der Waals surface area contributed by atoms with E-state index in [9.17, 15) is 0 Å². The fourth-order valence-corrected chi connectivity index (χ4v) is 4.42. The average molecular weight is 279 g/mol. The Hall–Kier alpha value is -0.780. The van der Waals surface area contributed by atoms with Crippen LogP contribution in [0, 0.1) is 0 Å². The molecule has 3 nitrogen and oxygen atoms in total. The summed E-state index contributed by atoms with van der Waals surface area (Å²) in [6.45, 7) is 0.968. The van der Waals surface area contributed by atoms with E-state index >= 15 is 0 Å². The lowest BCUT2D eigenvalue weighted by Gasteiger charge is -2.08. The molecule has 0 unspecified atom stereocenters. The van der Waals surface area contributed by atoms with Gasteiger partial charge in [-0.05, 0) is 44.4 Å². The van der Waals surface area contributed by atoms with Crippen LogP contribution in [0.5, 0.6) is 0 Å². The summed E-state index contributed by atoms with van der Waals surface area (Å²) in [4.78, 5) is 2.89. The molecule has 2 aromatic rings. The zero-order chi connectivity index (χ0) is 12.4. The van der Waals surface area contributed by atoms with Gasteiger partial charge in [-0.3, -0.25) is 0 Å². The summed E-state index contributed by atoms with van der Waals surface area (Å²) in [5.74, 6) is 0. The molecular weight excluding hydrogens is 262 g/mol. The van der Waals surface area contributed by atoms with Gasteiger partial charge in [0.15, 0.2) is 5.01 Å². The Labute approximate surface area is 115 Å². The third-order valence-electron chi connectivity index (χ3n) is 3.26. The van der Waals surface area contributed by atoms with Gasteiger partial charge in [0.25, 0.3) is 0 Å². The first-order valence-corrected chi connectivity index (χ1v) is 8.09. The van der Waals surface area contributed by atoms with E-state index < -0.39 is 0 Å². The molecule has 96 valence electrons. The highest BCUT2D eigenvalue weighted by atomic mass is 32.1. The molecule has 0 saturated heterocycles. The van der Waals surface area contributed by atoms with Gasteiger partial charge in [0.2, 0.25) is 0 Å². The molecule has 0 spiro atoms. The molecule has 3 rings (SSSR count). The Bertz CT molecular complexity index is 507. The second-order valence-electron chi connectivity index (χ2n) is 4.62. The summed E-state index contributed by atoms with van der Waals surface area (Å²) in [6.07, 6.45) is 6.16. The molecule has 2 heterocycles. The number of nitrogens with zero attached hydrogens (tertiary/aromatic N) is 2. The number of hydrogen-bond donors (Lipinski definition) is 1. The van der Waals surface area contributed by atoms with E-state index in [1.807, 2.05) is 18.4 Å². The van der Waals surface area contributed by atoms with E-state index in [2.05, 4.69) is 21.6 Å². The highest BCUT2D eigenvalue weighted by Gasteiger charge is 2.16. The van der Waals surface area contributed by atoms with Crippen LogP contribution in [0.25, 0.3) is 9.88 Å². The van der Waals surface area contributed by atoms with Crippen molar-refractivity contribution in [1.29, 1.82) is 0 Å². The fraction of sp³-hybridized carbons (Fsp3) is 0.538. The first kappa shape index (κ1) is 12.3. The van der Waals surface area contributed by atoms with Crippen molar-refractivity contribution in [3.63, 3.8) is 0 Å². The number of fused-ring (bicyclic) bond motifs is 1. The van der Waals surface area contributed by atoms with Gasteiger partial charge in [0.05, 0.1) is 4.88 Å². The number of aromatic nitrogens is 2. The van der Waals surface area contributed by atoms with Crippen molar-refractivity contribution in [1.82, 2.24) is 15.5 Å². The number of thiophene rings is 1. The van der Waals surface area contributed by atoms with E-state index in [0.29, 0.717) is 0 Å². The third-order valence-corrected chi connectivity index (χ3v) is 5.65. The molecule has 0 atom stereocenters. The molecule has 2 aromatic heterocycles. The van der Waals surface area contributed by atoms with Gasteiger partial charge in [-0.1, -0.05) is 11.3 Å². The van der Waals surface area contributed by atoms with Crippen molar-refractivity contribution in [3.05, 3.63) is 21.5 Å². The van der Waals surface area contributed by atoms with Crippen LogP contribution in [0.2, 0.25) is 0 Å². The summed E-state index contributed by atoms with van der Waals surface area (Å²) in [5, 5.41) is 14.0. The van der Waals surface area contributed by atoms with Crippen LogP contribution >= 0.6 is 22.7 Å². The second kappa shape index (κ2) is 5.47. The molecule has 1 aliphatic rings. The molecule has 5 heteroatoms. The molecule has 0 aliphatic heterocycles. The van der Waals surface area contributed by atoms with E-state index in [0.717, 1.165) is 23.0 Å². The molecule has 0 bridgehead atoms. The second-order valence-corrected chi connectivity index (χ2v) is 6.82. The molecule has 1 N–H and O–H groups in total. The summed E-state index contributed by atoms with van der Waals surface area (Å²) in [5.41, 5.74) is 1.55. The first-order chi connectivity index (χ1) is 8.86. The molecule has 18 heavy (non-hydrogen) atoms. The van der Waals surface area contributed by atoms with Crippen molar-refractivity contribution in [2.45, 2.75) is 32.1 Å². The Morgan fingerprint density at radius 1 is 1.22 bits per heavy atom. The topological polar surface area (TPSA) is 37.8 Å². The summed E-state index contributed by atoms with van der Waals surface area (Å²) >= 11 is 3.66. The molecular formula is C13H17N3S2. The fourth-order valence-electron chi connectivity index (χ4n) is 2.28. The maximum Gasteiger partial charge on any atom is 0.157 e. The quantitative estimate of drug-likeness (QED) is 0.935. The van der Waals surface area contributed by atoms with Crippen LogP contribution in [0.3, 0.4) is 0 Å². The number of aryl methyl sites for hydroxylation is 2. The molecule has 0 aromatic carbocycles. The molecule has 0 fully saturated rings. The van der Waals surface area contributed by atoms with Gasteiger partial charge in [-0.2, -0.15) is 0 Å². The SMILES string of the molecule is CNCCc1nnc(-c2cc3c(s2)CCCC3)s1. The number of hydrogen-bond acceptors (Lipinski definition) is 5. The first-order valence-electron chi connectivity index (χ1n) is 6.46. The van der Waals surface area contributed by atoms with E-state index in [4.69, 9.17) is 0 Å². The van der Waals surface area contributed by atoms with Gasteiger partial charge >= 0.3 is 0 Å². The maximum absolute atomic E-state index is 4.33. The lowest BCUT2D eigenvalue weighted by molar-refractivity contribution is 0.697. The zero-order valence-electron chi connectivity index (χ0n) is 10.5. The smallest absolute Gasteiger partial charge is 0.157 e. The minimum absolute atomic E-state index is 0.968. The summed E-state index contributed by atoms with van der Waals surface area (Å²) in [7, 11) is 1.97. The average Bonchev–Trinajstić information content (AvgIpc) is 3.02. The number of nitrogens with one attached hydrogen (secondary N) is 1. The molecule has 0 amide bonds. The van der Waals surface area contributed by atoms with Crippen LogP contribution in [0.4, 0.5) is 0 Å². The standard InChI is InChI=1S/C13H17N3S2/c1-14-7-6-12-15-16-13(18-12)11-8-9-4-2-3-5-10(9)17-11/h8,14H,2-7H2,1H3. The third kappa shape index (κ3) is 2.48. The Balaban J connectivity index is 1.81. The van der Waals surface area contributed by atoms with E-state index in [1.54, 1.807) is 21.8 Å².